The first-order valence-electron chi connectivity index (χ1n) is 5.77. The molecular weight excluding hydrogens is 281 g/mol. The molecule has 0 spiro atoms. The van der Waals surface area contributed by atoms with Crippen LogP contribution in [-0.2, 0) is 0 Å². The number of hydrogen-bond acceptors (Lipinski definition) is 2. The van der Waals surface area contributed by atoms with E-state index in [-0.39, 0.29) is 0 Å². The second kappa shape index (κ2) is 6.15. The van der Waals surface area contributed by atoms with Crippen LogP contribution in [0.15, 0.2) is 18.2 Å². The molecule has 0 bridgehead atoms. The molecule has 1 aliphatic heterocycles. The first-order chi connectivity index (χ1) is 8.59. The molecule has 0 amide bonds. The van der Waals surface area contributed by atoms with Crippen LogP contribution in [0.25, 0.3) is 0 Å². The lowest BCUT2D eigenvalue weighted by atomic mass is 10.0. The van der Waals surface area contributed by atoms with E-state index < -0.39 is 12.5 Å². The number of nitrogens with zero attached hydrogens (tertiary/aromatic N) is 1. The summed E-state index contributed by atoms with van der Waals surface area (Å²) in [7, 11) is 0. The number of halogens is 4. The third-order valence-electron chi connectivity index (χ3n) is 3.06. The molecule has 0 unspecified atom stereocenters. The average molecular weight is 295 g/mol. The first-order valence-corrected chi connectivity index (χ1v) is 6.53. The molecule has 100 valence electrons. The van der Waals surface area contributed by atoms with E-state index in [9.17, 15) is 8.78 Å². The van der Waals surface area contributed by atoms with Crippen molar-refractivity contribution in [2.45, 2.75) is 12.5 Å². The van der Waals surface area contributed by atoms with Crippen LogP contribution in [0.5, 0.6) is 0 Å². The van der Waals surface area contributed by atoms with E-state index in [0.717, 1.165) is 0 Å². The van der Waals surface area contributed by atoms with E-state index in [2.05, 4.69) is 5.32 Å². The van der Waals surface area contributed by atoms with Crippen molar-refractivity contribution < 1.29 is 8.78 Å². The van der Waals surface area contributed by atoms with Gasteiger partial charge < -0.3 is 5.32 Å². The molecular formula is C12H14Cl2F2N2. The molecule has 0 aromatic heterocycles. The number of benzene rings is 1. The SMILES string of the molecule is FC(F)[C@H](c1cc(Cl)ccc1Cl)N1CCNCC1. The van der Waals surface area contributed by atoms with Gasteiger partial charge in [-0.15, -0.1) is 0 Å². The van der Waals surface area contributed by atoms with E-state index in [1.54, 1.807) is 17.0 Å². The minimum absolute atomic E-state index is 0.336. The summed E-state index contributed by atoms with van der Waals surface area (Å²) >= 11 is 11.9. The molecule has 1 aromatic rings. The Morgan fingerprint density at radius 2 is 1.83 bits per heavy atom. The number of alkyl halides is 2. The Bertz CT molecular complexity index is 409. The molecule has 1 fully saturated rings. The Morgan fingerprint density at radius 3 is 2.44 bits per heavy atom. The lowest BCUT2D eigenvalue weighted by molar-refractivity contribution is 0.0182. The summed E-state index contributed by atoms with van der Waals surface area (Å²) in [6.07, 6.45) is -2.49. The zero-order chi connectivity index (χ0) is 13.1. The van der Waals surface area contributed by atoms with Crippen molar-refractivity contribution in [3.63, 3.8) is 0 Å². The summed E-state index contributed by atoms with van der Waals surface area (Å²) in [5.41, 5.74) is 0.404. The maximum Gasteiger partial charge on any atom is 0.258 e. The van der Waals surface area contributed by atoms with Gasteiger partial charge in [-0.05, 0) is 23.8 Å². The van der Waals surface area contributed by atoms with Gasteiger partial charge >= 0.3 is 0 Å². The van der Waals surface area contributed by atoms with Crippen LogP contribution in [0.2, 0.25) is 10.0 Å². The third-order valence-corrected chi connectivity index (χ3v) is 3.64. The van der Waals surface area contributed by atoms with Crippen molar-refractivity contribution >= 4 is 23.2 Å². The van der Waals surface area contributed by atoms with Crippen molar-refractivity contribution in [1.29, 1.82) is 0 Å². The highest BCUT2D eigenvalue weighted by Gasteiger charge is 2.31. The summed E-state index contributed by atoms with van der Waals surface area (Å²) in [6, 6.07) is 3.71. The molecule has 0 saturated carbocycles. The van der Waals surface area contributed by atoms with Crippen LogP contribution in [0, 0.1) is 0 Å². The van der Waals surface area contributed by atoms with Gasteiger partial charge in [0.25, 0.3) is 6.43 Å². The van der Waals surface area contributed by atoms with Gasteiger partial charge in [0.2, 0.25) is 0 Å². The van der Waals surface area contributed by atoms with Crippen LogP contribution >= 0.6 is 23.2 Å². The molecule has 1 aliphatic rings. The number of rotatable bonds is 3. The highest BCUT2D eigenvalue weighted by molar-refractivity contribution is 6.33. The van der Waals surface area contributed by atoms with Crippen molar-refractivity contribution in [3.05, 3.63) is 33.8 Å². The molecule has 1 heterocycles. The molecule has 6 heteroatoms. The zero-order valence-corrected chi connectivity index (χ0v) is 11.2. The molecule has 2 rings (SSSR count). The summed E-state index contributed by atoms with van der Waals surface area (Å²) in [4.78, 5) is 1.75. The van der Waals surface area contributed by atoms with Crippen molar-refractivity contribution in [1.82, 2.24) is 10.2 Å². The number of piperazine rings is 1. The Hall–Kier alpha value is -0.420. The lowest BCUT2D eigenvalue weighted by Crippen LogP contribution is -2.47. The molecule has 18 heavy (non-hydrogen) atoms. The van der Waals surface area contributed by atoms with Gasteiger partial charge in [-0.3, -0.25) is 4.90 Å². The second-order valence-corrected chi connectivity index (χ2v) is 5.07. The molecule has 0 aliphatic carbocycles. The molecule has 1 atom stereocenters. The molecule has 0 radical (unpaired) electrons. The summed E-state index contributed by atoms with van der Waals surface area (Å²) in [5.74, 6) is 0. The monoisotopic (exact) mass is 294 g/mol. The molecule has 2 nitrogen and oxygen atoms in total. The van der Waals surface area contributed by atoms with Gasteiger partial charge in [0.1, 0.15) is 0 Å². The van der Waals surface area contributed by atoms with Gasteiger partial charge in [-0.2, -0.15) is 0 Å². The van der Waals surface area contributed by atoms with Gasteiger partial charge in [0, 0.05) is 36.2 Å². The van der Waals surface area contributed by atoms with Gasteiger partial charge in [0.15, 0.2) is 0 Å². The van der Waals surface area contributed by atoms with Crippen LogP contribution in [0.1, 0.15) is 11.6 Å². The average Bonchev–Trinajstić information content (AvgIpc) is 2.35. The summed E-state index contributed by atoms with van der Waals surface area (Å²) in [6.45, 7) is 2.58. The lowest BCUT2D eigenvalue weighted by Gasteiger charge is -2.35. The standard InChI is InChI=1S/C12H14Cl2F2N2/c13-8-1-2-10(14)9(7-8)11(12(15)16)18-5-3-17-4-6-18/h1-2,7,11-12,17H,3-6H2/t11-/m0/s1. The fourth-order valence-electron chi connectivity index (χ4n) is 2.19. The highest BCUT2D eigenvalue weighted by atomic mass is 35.5. The third kappa shape index (κ3) is 3.12. The van der Waals surface area contributed by atoms with E-state index in [1.165, 1.54) is 6.07 Å². The summed E-state index contributed by atoms with van der Waals surface area (Å²) in [5, 5.41) is 3.90. The zero-order valence-electron chi connectivity index (χ0n) is 9.67. The Kier molecular flexibility index (Phi) is 4.78. The topological polar surface area (TPSA) is 15.3 Å². The second-order valence-electron chi connectivity index (χ2n) is 4.23. The Labute approximate surface area is 115 Å². The van der Waals surface area contributed by atoms with Gasteiger partial charge in [0.05, 0.1) is 6.04 Å². The van der Waals surface area contributed by atoms with E-state index in [4.69, 9.17) is 23.2 Å². The largest absolute Gasteiger partial charge is 0.314 e. The quantitative estimate of drug-likeness (QED) is 0.921. The number of hydrogen-bond donors (Lipinski definition) is 1. The van der Waals surface area contributed by atoms with E-state index >= 15 is 0 Å². The minimum Gasteiger partial charge on any atom is -0.314 e. The molecule has 1 saturated heterocycles. The van der Waals surface area contributed by atoms with Crippen molar-refractivity contribution in [2.75, 3.05) is 26.2 Å². The summed E-state index contributed by atoms with van der Waals surface area (Å²) < 4.78 is 26.6. The predicted molar refractivity (Wildman–Crippen MR) is 69.6 cm³/mol. The Balaban J connectivity index is 2.31. The normalized spacial score (nSPS) is 19.2. The fourth-order valence-corrected chi connectivity index (χ4v) is 2.60. The van der Waals surface area contributed by atoms with Crippen molar-refractivity contribution in [3.8, 4) is 0 Å². The minimum atomic E-state index is -2.49. The van der Waals surface area contributed by atoms with Gasteiger partial charge in [-0.1, -0.05) is 23.2 Å². The first kappa shape index (κ1) is 14.0. The van der Waals surface area contributed by atoms with Crippen molar-refractivity contribution in [2.24, 2.45) is 0 Å². The fraction of sp³-hybridized carbons (Fsp3) is 0.500. The van der Waals surface area contributed by atoms with E-state index in [0.29, 0.717) is 41.8 Å². The number of nitrogens with one attached hydrogen (secondary N) is 1. The highest BCUT2D eigenvalue weighted by Crippen LogP contribution is 2.34. The predicted octanol–water partition coefficient (Wildman–Crippen LogP) is 3.20. The maximum atomic E-state index is 13.3. The molecule has 1 N–H and O–H groups in total. The van der Waals surface area contributed by atoms with E-state index in [1.807, 2.05) is 0 Å². The Morgan fingerprint density at radius 1 is 1.17 bits per heavy atom. The van der Waals surface area contributed by atoms with Gasteiger partial charge in [-0.25, -0.2) is 8.78 Å². The van der Waals surface area contributed by atoms with Crippen LogP contribution in [0.4, 0.5) is 8.78 Å². The van der Waals surface area contributed by atoms with Crippen LogP contribution in [-0.4, -0.2) is 37.5 Å². The maximum absolute atomic E-state index is 13.3. The smallest absolute Gasteiger partial charge is 0.258 e. The van der Waals surface area contributed by atoms with Crippen LogP contribution < -0.4 is 5.32 Å². The molecule has 1 aromatic carbocycles. The van der Waals surface area contributed by atoms with Crippen LogP contribution in [0.3, 0.4) is 0 Å².